The lowest BCUT2D eigenvalue weighted by molar-refractivity contribution is 0.0955. The fourth-order valence-electron chi connectivity index (χ4n) is 2.23. The highest BCUT2D eigenvalue weighted by Gasteiger charge is 2.13. The van der Waals surface area contributed by atoms with Crippen LogP contribution in [0.4, 0.5) is 4.39 Å². The van der Waals surface area contributed by atoms with Crippen LogP contribution in [0, 0.1) is 5.82 Å². The summed E-state index contributed by atoms with van der Waals surface area (Å²) in [5.41, 5.74) is 2.55. The highest BCUT2D eigenvalue weighted by molar-refractivity contribution is 7.89. The van der Waals surface area contributed by atoms with Gasteiger partial charge in [-0.15, -0.1) is 0 Å². The van der Waals surface area contributed by atoms with Gasteiger partial charge in [-0.05, 0) is 48.5 Å². The average Bonchev–Trinajstić information content (AvgIpc) is 3.15. The molecule has 0 atom stereocenters. The van der Waals surface area contributed by atoms with Crippen molar-refractivity contribution in [3.63, 3.8) is 0 Å². The van der Waals surface area contributed by atoms with Crippen molar-refractivity contribution >= 4 is 22.1 Å². The molecule has 1 heterocycles. The summed E-state index contributed by atoms with van der Waals surface area (Å²) in [6, 6.07) is 16.2. The summed E-state index contributed by atoms with van der Waals surface area (Å²) in [6.07, 6.45) is 1.27. The second-order valence-electron chi connectivity index (χ2n) is 5.65. The van der Waals surface area contributed by atoms with Gasteiger partial charge in [-0.3, -0.25) is 4.79 Å². The van der Waals surface area contributed by atoms with Gasteiger partial charge in [0.2, 0.25) is 10.0 Å². The van der Waals surface area contributed by atoms with Crippen molar-refractivity contribution in [2.75, 3.05) is 0 Å². The van der Waals surface area contributed by atoms with Gasteiger partial charge in [-0.1, -0.05) is 18.2 Å². The monoisotopic (exact) mass is 401 g/mol. The van der Waals surface area contributed by atoms with E-state index in [0.717, 1.165) is 0 Å². The van der Waals surface area contributed by atoms with E-state index in [9.17, 15) is 17.6 Å². The number of nitrogens with zero attached hydrogens (tertiary/aromatic N) is 1. The molecule has 0 aliphatic rings. The molecule has 1 amide bonds. The maximum Gasteiger partial charge on any atom is 0.271 e. The Morgan fingerprint density at radius 1 is 1.04 bits per heavy atom. The number of nitrogens with one attached hydrogen (secondary N) is 2. The molecule has 0 saturated heterocycles. The Kier molecular flexibility index (Phi) is 5.97. The molecule has 2 N–H and O–H groups in total. The number of benzene rings is 2. The Bertz CT molecular complexity index is 1080. The molecular formula is C19H16FN3O4S. The van der Waals surface area contributed by atoms with Crippen LogP contribution in [0.2, 0.25) is 0 Å². The minimum Gasteiger partial charge on any atom is -0.459 e. The van der Waals surface area contributed by atoms with E-state index in [1.807, 2.05) is 0 Å². The normalized spacial score (nSPS) is 11.6. The van der Waals surface area contributed by atoms with Crippen LogP contribution in [0.5, 0.6) is 0 Å². The highest BCUT2D eigenvalue weighted by Crippen LogP contribution is 2.10. The molecule has 0 fully saturated rings. The molecule has 2 aromatic carbocycles. The molecule has 0 spiro atoms. The molecule has 3 aromatic rings. The van der Waals surface area contributed by atoms with Crippen molar-refractivity contribution in [2.45, 2.75) is 11.4 Å². The molecule has 144 valence electrons. The Morgan fingerprint density at radius 3 is 2.46 bits per heavy atom. The second-order valence-corrected chi connectivity index (χ2v) is 7.41. The highest BCUT2D eigenvalue weighted by atomic mass is 32.2. The van der Waals surface area contributed by atoms with Crippen LogP contribution < -0.4 is 10.1 Å². The standard InChI is InChI=1S/C19H16FN3O4S/c20-15-8-6-14(7-9-15)19(24)23-21-12-16-10-11-17(27-16)13-22-28(25,26)18-4-2-1-3-5-18/h1-12,22H,13H2,(H,23,24)/b21-12-. The zero-order valence-electron chi connectivity index (χ0n) is 14.5. The quantitative estimate of drug-likeness (QED) is 0.469. The van der Waals surface area contributed by atoms with Crippen molar-refractivity contribution in [3.8, 4) is 0 Å². The first-order valence-corrected chi connectivity index (χ1v) is 9.65. The maximum atomic E-state index is 12.8. The molecular weight excluding hydrogens is 385 g/mol. The summed E-state index contributed by atoms with van der Waals surface area (Å²) in [6.45, 7) is -0.0347. The van der Waals surface area contributed by atoms with Crippen LogP contribution in [-0.4, -0.2) is 20.5 Å². The van der Waals surface area contributed by atoms with Crippen molar-refractivity contribution in [3.05, 3.63) is 89.6 Å². The van der Waals surface area contributed by atoms with Crippen molar-refractivity contribution in [2.24, 2.45) is 5.10 Å². The van der Waals surface area contributed by atoms with E-state index in [1.165, 1.54) is 42.6 Å². The van der Waals surface area contributed by atoms with Gasteiger partial charge < -0.3 is 4.42 Å². The van der Waals surface area contributed by atoms with E-state index in [2.05, 4.69) is 15.2 Å². The zero-order valence-corrected chi connectivity index (χ0v) is 15.3. The summed E-state index contributed by atoms with van der Waals surface area (Å²) >= 11 is 0. The molecule has 9 heteroatoms. The third kappa shape index (κ3) is 5.12. The maximum absolute atomic E-state index is 12.8. The first-order valence-electron chi connectivity index (χ1n) is 8.16. The number of hydrogen-bond donors (Lipinski definition) is 2. The fraction of sp³-hybridized carbons (Fsp3) is 0.0526. The fourth-order valence-corrected chi connectivity index (χ4v) is 3.24. The predicted molar refractivity (Wildman–Crippen MR) is 101 cm³/mol. The predicted octanol–water partition coefficient (Wildman–Crippen LogP) is 2.66. The number of rotatable bonds is 7. The largest absolute Gasteiger partial charge is 0.459 e. The number of hydrogen-bond acceptors (Lipinski definition) is 5. The molecule has 0 aliphatic carbocycles. The summed E-state index contributed by atoms with van der Waals surface area (Å²) in [5, 5.41) is 3.76. The third-order valence-corrected chi connectivity index (χ3v) is 5.05. The van der Waals surface area contributed by atoms with E-state index in [0.29, 0.717) is 11.5 Å². The molecule has 0 bridgehead atoms. The molecule has 0 radical (unpaired) electrons. The summed E-state index contributed by atoms with van der Waals surface area (Å²) in [7, 11) is -3.64. The van der Waals surface area contributed by atoms with Gasteiger partial charge in [0, 0.05) is 5.56 Å². The van der Waals surface area contributed by atoms with Crippen LogP contribution >= 0.6 is 0 Å². The van der Waals surface area contributed by atoms with E-state index < -0.39 is 21.7 Å². The van der Waals surface area contributed by atoms with Gasteiger partial charge in [0.25, 0.3) is 5.91 Å². The first-order chi connectivity index (χ1) is 13.4. The SMILES string of the molecule is O=C(N/N=C\c1ccc(CNS(=O)(=O)c2ccccc2)o1)c1ccc(F)cc1. The van der Waals surface area contributed by atoms with Gasteiger partial charge in [-0.2, -0.15) is 5.10 Å². The van der Waals surface area contributed by atoms with Crippen molar-refractivity contribution in [1.29, 1.82) is 0 Å². The van der Waals surface area contributed by atoms with Gasteiger partial charge in [-0.25, -0.2) is 23.0 Å². The van der Waals surface area contributed by atoms with Crippen molar-refractivity contribution < 1.29 is 22.0 Å². The molecule has 28 heavy (non-hydrogen) atoms. The Labute approximate surface area is 160 Å². The molecule has 0 unspecified atom stereocenters. The Hall–Kier alpha value is -3.30. The lowest BCUT2D eigenvalue weighted by Crippen LogP contribution is -2.22. The van der Waals surface area contributed by atoms with Crippen LogP contribution in [0.15, 0.2) is 81.1 Å². The Balaban J connectivity index is 1.54. The number of amides is 1. The molecule has 0 aliphatic heterocycles. The van der Waals surface area contributed by atoms with E-state index in [-0.39, 0.29) is 17.0 Å². The number of sulfonamides is 1. The topological polar surface area (TPSA) is 101 Å². The van der Waals surface area contributed by atoms with Gasteiger partial charge in [0.15, 0.2) is 0 Å². The summed E-state index contributed by atoms with van der Waals surface area (Å²) in [5.74, 6) is -0.233. The van der Waals surface area contributed by atoms with Crippen LogP contribution in [0.25, 0.3) is 0 Å². The third-order valence-electron chi connectivity index (χ3n) is 3.64. The molecule has 3 rings (SSSR count). The second kappa shape index (κ2) is 8.59. The lowest BCUT2D eigenvalue weighted by atomic mass is 10.2. The smallest absolute Gasteiger partial charge is 0.271 e. The number of carbonyl (C=O) groups excluding carboxylic acids is 1. The number of hydrazone groups is 1. The lowest BCUT2D eigenvalue weighted by Gasteiger charge is -2.04. The summed E-state index contributed by atoms with van der Waals surface area (Å²) < 4.78 is 45.1. The van der Waals surface area contributed by atoms with Crippen LogP contribution in [-0.2, 0) is 16.6 Å². The minimum atomic E-state index is -3.64. The van der Waals surface area contributed by atoms with Gasteiger partial charge in [0.05, 0.1) is 17.7 Å². The van der Waals surface area contributed by atoms with Gasteiger partial charge in [0.1, 0.15) is 17.3 Å². The molecule has 0 saturated carbocycles. The molecule has 7 nitrogen and oxygen atoms in total. The minimum absolute atomic E-state index is 0.0347. The number of carbonyl (C=O) groups is 1. The van der Waals surface area contributed by atoms with Crippen LogP contribution in [0.3, 0.4) is 0 Å². The average molecular weight is 401 g/mol. The van der Waals surface area contributed by atoms with E-state index >= 15 is 0 Å². The van der Waals surface area contributed by atoms with E-state index in [4.69, 9.17) is 4.42 Å². The molecule has 1 aromatic heterocycles. The van der Waals surface area contributed by atoms with Crippen molar-refractivity contribution in [1.82, 2.24) is 10.1 Å². The van der Waals surface area contributed by atoms with Crippen LogP contribution in [0.1, 0.15) is 21.9 Å². The van der Waals surface area contributed by atoms with E-state index in [1.54, 1.807) is 30.3 Å². The first kappa shape index (κ1) is 19.5. The summed E-state index contributed by atoms with van der Waals surface area (Å²) in [4.78, 5) is 12.0. The number of halogens is 1. The van der Waals surface area contributed by atoms with Gasteiger partial charge >= 0.3 is 0 Å². The number of furan rings is 1. The zero-order chi connectivity index (χ0) is 20.0. The Morgan fingerprint density at radius 2 is 1.75 bits per heavy atom.